The average Bonchev–Trinajstić information content (AvgIpc) is 3.06. The van der Waals surface area contributed by atoms with E-state index in [0.29, 0.717) is 13.1 Å². The highest BCUT2D eigenvalue weighted by molar-refractivity contribution is 5.90. The van der Waals surface area contributed by atoms with Crippen LogP contribution in [0.25, 0.3) is 0 Å². The molecule has 0 radical (unpaired) electrons. The Bertz CT molecular complexity index is 613. The molecule has 2 saturated heterocycles. The third-order valence-electron chi connectivity index (χ3n) is 4.78. The molecular formula is C18H27N5O2. The number of rotatable bonds is 6. The maximum Gasteiger partial charge on any atom is 0.315 e. The van der Waals surface area contributed by atoms with Crippen molar-refractivity contribution < 1.29 is 9.59 Å². The molecule has 0 saturated carbocycles. The Morgan fingerprint density at radius 2 is 2.08 bits per heavy atom. The zero-order valence-electron chi connectivity index (χ0n) is 14.8. The summed E-state index contributed by atoms with van der Waals surface area (Å²) < 4.78 is 0. The first kappa shape index (κ1) is 17.5. The smallest absolute Gasteiger partial charge is 0.315 e. The molecule has 2 aliphatic rings. The molecule has 1 atom stereocenters. The van der Waals surface area contributed by atoms with Gasteiger partial charge in [0.2, 0.25) is 5.91 Å². The van der Waals surface area contributed by atoms with E-state index >= 15 is 0 Å². The van der Waals surface area contributed by atoms with Gasteiger partial charge in [-0.2, -0.15) is 0 Å². The summed E-state index contributed by atoms with van der Waals surface area (Å²) in [5, 5.41) is 8.07. The SMILES string of the molecule is Cc1cccc(N2CCN(CCCNC(=O)[C@H]3CNC(=O)N3)CC2)c1. The minimum absolute atomic E-state index is 0.109. The molecule has 0 aromatic heterocycles. The fourth-order valence-corrected chi connectivity index (χ4v) is 3.31. The minimum Gasteiger partial charge on any atom is -0.369 e. The molecule has 3 rings (SSSR count). The fraction of sp³-hybridized carbons (Fsp3) is 0.556. The molecule has 0 spiro atoms. The first-order chi connectivity index (χ1) is 12.1. The van der Waals surface area contributed by atoms with Crippen LogP contribution >= 0.6 is 0 Å². The first-order valence-electron chi connectivity index (χ1n) is 8.98. The van der Waals surface area contributed by atoms with Gasteiger partial charge in [0.15, 0.2) is 0 Å². The van der Waals surface area contributed by atoms with Crippen molar-refractivity contribution in [3.63, 3.8) is 0 Å². The van der Waals surface area contributed by atoms with Crippen molar-refractivity contribution in [1.82, 2.24) is 20.9 Å². The number of amides is 3. The van der Waals surface area contributed by atoms with Gasteiger partial charge >= 0.3 is 6.03 Å². The summed E-state index contributed by atoms with van der Waals surface area (Å²) in [6.45, 7) is 8.29. The predicted molar refractivity (Wildman–Crippen MR) is 97.8 cm³/mol. The quantitative estimate of drug-likeness (QED) is 0.649. The molecule has 2 fully saturated rings. The van der Waals surface area contributed by atoms with Crippen LogP contribution < -0.4 is 20.9 Å². The molecular weight excluding hydrogens is 318 g/mol. The molecule has 7 heteroatoms. The molecule has 0 bridgehead atoms. The molecule has 0 aliphatic carbocycles. The van der Waals surface area contributed by atoms with Crippen LogP contribution in [-0.4, -0.2) is 68.7 Å². The van der Waals surface area contributed by atoms with E-state index in [0.717, 1.165) is 39.1 Å². The van der Waals surface area contributed by atoms with Crippen LogP contribution in [0.1, 0.15) is 12.0 Å². The summed E-state index contributed by atoms with van der Waals surface area (Å²) in [6.07, 6.45) is 0.921. The van der Waals surface area contributed by atoms with Crippen LogP contribution in [0, 0.1) is 6.92 Å². The first-order valence-corrected chi connectivity index (χ1v) is 8.98. The van der Waals surface area contributed by atoms with Gasteiger partial charge in [-0.15, -0.1) is 0 Å². The van der Waals surface area contributed by atoms with E-state index < -0.39 is 6.04 Å². The average molecular weight is 345 g/mol. The largest absolute Gasteiger partial charge is 0.369 e. The summed E-state index contributed by atoms with van der Waals surface area (Å²) >= 11 is 0. The van der Waals surface area contributed by atoms with Crippen LogP contribution in [-0.2, 0) is 4.79 Å². The van der Waals surface area contributed by atoms with E-state index in [1.165, 1.54) is 11.3 Å². The van der Waals surface area contributed by atoms with Gasteiger partial charge in [0.1, 0.15) is 6.04 Å². The topological polar surface area (TPSA) is 76.7 Å². The lowest BCUT2D eigenvalue weighted by molar-refractivity contribution is -0.122. The lowest BCUT2D eigenvalue weighted by Gasteiger charge is -2.36. The van der Waals surface area contributed by atoms with Crippen molar-refractivity contribution in [3.8, 4) is 0 Å². The maximum absolute atomic E-state index is 11.9. The van der Waals surface area contributed by atoms with E-state index in [2.05, 4.69) is 56.9 Å². The second kappa shape index (κ2) is 8.20. The van der Waals surface area contributed by atoms with Crippen LogP contribution in [0.5, 0.6) is 0 Å². The van der Waals surface area contributed by atoms with Crippen molar-refractivity contribution in [3.05, 3.63) is 29.8 Å². The van der Waals surface area contributed by atoms with Crippen molar-refractivity contribution in [2.45, 2.75) is 19.4 Å². The Hall–Kier alpha value is -2.28. The molecule has 25 heavy (non-hydrogen) atoms. The molecule has 1 aromatic rings. The summed E-state index contributed by atoms with van der Waals surface area (Å²) in [6, 6.07) is 7.94. The second-order valence-electron chi connectivity index (χ2n) is 6.72. The Morgan fingerprint density at radius 3 is 2.76 bits per heavy atom. The molecule has 2 aliphatic heterocycles. The number of nitrogens with one attached hydrogen (secondary N) is 3. The number of carbonyl (C=O) groups is 2. The Balaban J connectivity index is 1.32. The maximum atomic E-state index is 11.9. The molecule has 3 N–H and O–H groups in total. The van der Waals surface area contributed by atoms with Gasteiger partial charge in [-0.05, 0) is 37.6 Å². The highest BCUT2D eigenvalue weighted by Crippen LogP contribution is 2.17. The Labute approximate surface area is 148 Å². The van der Waals surface area contributed by atoms with Crippen LogP contribution in [0.15, 0.2) is 24.3 Å². The predicted octanol–water partition coefficient (Wildman–Crippen LogP) is 0.305. The van der Waals surface area contributed by atoms with E-state index in [1.54, 1.807) is 0 Å². The molecule has 0 unspecified atom stereocenters. The summed E-state index contributed by atoms with van der Waals surface area (Å²) in [4.78, 5) is 27.8. The van der Waals surface area contributed by atoms with E-state index in [-0.39, 0.29) is 11.9 Å². The van der Waals surface area contributed by atoms with Crippen LogP contribution in [0.2, 0.25) is 0 Å². The number of hydrogen-bond acceptors (Lipinski definition) is 4. The zero-order valence-corrected chi connectivity index (χ0v) is 14.8. The third kappa shape index (κ3) is 4.85. The molecule has 1 aromatic carbocycles. The number of hydrogen-bond donors (Lipinski definition) is 3. The van der Waals surface area contributed by atoms with Gasteiger partial charge in [0, 0.05) is 45.0 Å². The number of benzene rings is 1. The highest BCUT2D eigenvalue weighted by atomic mass is 16.2. The third-order valence-corrected chi connectivity index (χ3v) is 4.78. The van der Waals surface area contributed by atoms with Gasteiger partial charge in [0.05, 0.1) is 0 Å². The normalized spacial score (nSPS) is 20.9. The van der Waals surface area contributed by atoms with E-state index in [4.69, 9.17) is 0 Å². The monoisotopic (exact) mass is 345 g/mol. The van der Waals surface area contributed by atoms with E-state index in [9.17, 15) is 9.59 Å². The number of urea groups is 1. The van der Waals surface area contributed by atoms with Gasteiger partial charge in [-0.1, -0.05) is 12.1 Å². The number of carbonyl (C=O) groups excluding carboxylic acids is 2. The molecule has 136 valence electrons. The number of nitrogens with zero attached hydrogens (tertiary/aromatic N) is 2. The molecule has 3 amide bonds. The Kier molecular flexibility index (Phi) is 5.75. The number of piperazine rings is 1. The van der Waals surface area contributed by atoms with Crippen LogP contribution in [0.4, 0.5) is 10.5 Å². The van der Waals surface area contributed by atoms with Crippen LogP contribution in [0.3, 0.4) is 0 Å². The highest BCUT2D eigenvalue weighted by Gasteiger charge is 2.26. The fourth-order valence-electron chi connectivity index (χ4n) is 3.31. The summed E-state index contributed by atoms with van der Waals surface area (Å²) in [7, 11) is 0. The van der Waals surface area contributed by atoms with E-state index in [1.807, 2.05) is 0 Å². The molecule has 2 heterocycles. The van der Waals surface area contributed by atoms with Crippen molar-refractivity contribution in [2.24, 2.45) is 0 Å². The molecule has 7 nitrogen and oxygen atoms in total. The van der Waals surface area contributed by atoms with Crippen molar-refractivity contribution in [1.29, 1.82) is 0 Å². The number of aryl methyl sites for hydroxylation is 1. The van der Waals surface area contributed by atoms with Gasteiger partial charge < -0.3 is 20.9 Å². The van der Waals surface area contributed by atoms with Crippen molar-refractivity contribution in [2.75, 3.05) is 50.7 Å². The summed E-state index contributed by atoms with van der Waals surface area (Å²) in [5.41, 5.74) is 2.60. The summed E-state index contributed by atoms with van der Waals surface area (Å²) in [5.74, 6) is -0.109. The van der Waals surface area contributed by atoms with Gasteiger partial charge in [0.25, 0.3) is 0 Å². The lowest BCUT2D eigenvalue weighted by atomic mass is 10.2. The lowest BCUT2D eigenvalue weighted by Crippen LogP contribution is -2.47. The second-order valence-corrected chi connectivity index (χ2v) is 6.72. The number of anilines is 1. The standard InChI is InChI=1S/C18H27N5O2/c1-14-4-2-5-15(12-14)23-10-8-22(9-11-23)7-3-6-19-17(24)16-13-20-18(25)21-16/h2,4-5,12,16H,3,6-11,13H2,1H3,(H,19,24)(H2,20,21,25)/t16-/m1/s1. The van der Waals surface area contributed by atoms with Crippen molar-refractivity contribution >= 4 is 17.6 Å². The zero-order chi connectivity index (χ0) is 17.6. The minimum atomic E-state index is -0.439. The van der Waals surface area contributed by atoms with Gasteiger partial charge in [-0.3, -0.25) is 9.69 Å². The Morgan fingerprint density at radius 1 is 1.28 bits per heavy atom. The van der Waals surface area contributed by atoms with Gasteiger partial charge in [-0.25, -0.2) is 4.79 Å².